The smallest absolute Gasteiger partial charge is 0.154 e. The predicted molar refractivity (Wildman–Crippen MR) is 114 cm³/mol. The number of ether oxygens (including phenoxy) is 1. The molecule has 30 heavy (non-hydrogen) atoms. The van der Waals surface area contributed by atoms with Gasteiger partial charge in [0.1, 0.15) is 11.8 Å². The Labute approximate surface area is 174 Å². The quantitative estimate of drug-likeness (QED) is 0.644. The van der Waals surface area contributed by atoms with Crippen LogP contribution in [-0.2, 0) is 4.74 Å². The van der Waals surface area contributed by atoms with Crippen LogP contribution in [0, 0.1) is 24.2 Å². The van der Waals surface area contributed by atoms with Crippen LogP contribution in [0.25, 0.3) is 22.5 Å². The average molecular weight is 395 g/mol. The van der Waals surface area contributed by atoms with Gasteiger partial charge in [-0.3, -0.25) is 0 Å². The van der Waals surface area contributed by atoms with Crippen LogP contribution in [0.15, 0.2) is 60.0 Å². The van der Waals surface area contributed by atoms with E-state index in [1.165, 1.54) is 18.4 Å². The van der Waals surface area contributed by atoms with Crippen molar-refractivity contribution in [2.45, 2.75) is 26.2 Å². The number of allylic oxidation sites excluding steroid dienone is 5. The van der Waals surface area contributed by atoms with Crippen molar-refractivity contribution >= 4 is 11.2 Å². The second-order valence-electron chi connectivity index (χ2n) is 7.71. The Balaban J connectivity index is 1.62. The Morgan fingerprint density at radius 2 is 2.03 bits per heavy atom. The highest BCUT2D eigenvalue weighted by Crippen LogP contribution is 2.41. The van der Waals surface area contributed by atoms with Gasteiger partial charge in [-0.2, -0.15) is 10.4 Å². The molecule has 0 bridgehead atoms. The number of rotatable bonds is 4. The summed E-state index contributed by atoms with van der Waals surface area (Å²) in [5, 5.41) is 13.9. The van der Waals surface area contributed by atoms with Crippen LogP contribution < -0.4 is 0 Å². The molecule has 0 saturated heterocycles. The van der Waals surface area contributed by atoms with E-state index in [9.17, 15) is 0 Å². The molecule has 5 rings (SSSR count). The second-order valence-corrected chi connectivity index (χ2v) is 7.71. The van der Waals surface area contributed by atoms with E-state index in [-0.39, 0.29) is 0 Å². The van der Waals surface area contributed by atoms with Crippen molar-refractivity contribution in [3.63, 3.8) is 0 Å². The van der Waals surface area contributed by atoms with Crippen LogP contribution in [0.5, 0.6) is 0 Å². The third-order valence-electron chi connectivity index (χ3n) is 5.63. The SMILES string of the molecule is COC1=CC=C(c2ccc3nc(C)c(-c4ccc(C#N)nc4)n3n2)C=C(C2CC2)C1. The van der Waals surface area contributed by atoms with Crippen molar-refractivity contribution < 1.29 is 4.74 Å². The third-order valence-corrected chi connectivity index (χ3v) is 5.63. The molecule has 0 radical (unpaired) electrons. The largest absolute Gasteiger partial charge is 0.501 e. The van der Waals surface area contributed by atoms with Gasteiger partial charge in [0.25, 0.3) is 0 Å². The van der Waals surface area contributed by atoms with E-state index in [4.69, 9.17) is 15.1 Å². The van der Waals surface area contributed by atoms with E-state index in [2.05, 4.69) is 28.2 Å². The van der Waals surface area contributed by atoms with Crippen molar-refractivity contribution in [3.8, 4) is 17.3 Å². The van der Waals surface area contributed by atoms with Crippen molar-refractivity contribution in [3.05, 3.63) is 77.1 Å². The lowest BCUT2D eigenvalue weighted by atomic mass is 10.0. The Hall–Kier alpha value is -3.72. The number of nitriles is 1. The van der Waals surface area contributed by atoms with Crippen LogP contribution in [0.1, 0.15) is 36.3 Å². The fraction of sp³-hybridized carbons (Fsp3) is 0.250. The van der Waals surface area contributed by atoms with Gasteiger partial charge in [0.15, 0.2) is 5.65 Å². The van der Waals surface area contributed by atoms with Crippen molar-refractivity contribution in [1.82, 2.24) is 19.6 Å². The molecule has 3 aromatic rings. The summed E-state index contributed by atoms with van der Waals surface area (Å²) in [6.45, 7) is 1.96. The number of pyridine rings is 1. The summed E-state index contributed by atoms with van der Waals surface area (Å²) >= 11 is 0. The van der Waals surface area contributed by atoms with Gasteiger partial charge < -0.3 is 4.74 Å². The van der Waals surface area contributed by atoms with E-state index in [1.807, 2.05) is 35.7 Å². The highest BCUT2D eigenvalue weighted by Gasteiger charge is 2.27. The summed E-state index contributed by atoms with van der Waals surface area (Å²) in [6.07, 6.45) is 11.4. The molecule has 1 saturated carbocycles. The molecule has 6 nitrogen and oxygen atoms in total. The van der Waals surface area contributed by atoms with E-state index in [0.29, 0.717) is 11.6 Å². The molecule has 0 spiro atoms. The number of imidazole rings is 1. The molecule has 6 heteroatoms. The second kappa shape index (κ2) is 7.27. The fourth-order valence-corrected chi connectivity index (χ4v) is 3.89. The molecule has 0 N–H and O–H groups in total. The Morgan fingerprint density at radius 3 is 2.73 bits per heavy atom. The van der Waals surface area contributed by atoms with Crippen LogP contribution in [-0.4, -0.2) is 26.7 Å². The minimum atomic E-state index is 0.390. The molecule has 3 aromatic heterocycles. The third kappa shape index (κ3) is 3.29. The summed E-state index contributed by atoms with van der Waals surface area (Å²) in [7, 11) is 1.73. The molecule has 1 fully saturated rings. The molecule has 2 aliphatic carbocycles. The first kappa shape index (κ1) is 18.3. The van der Waals surface area contributed by atoms with E-state index in [0.717, 1.165) is 46.0 Å². The van der Waals surface area contributed by atoms with Crippen LogP contribution in [0.3, 0.4) is 0 Å². The van der Waals surface area contributed by atoms with Crippen LogP contribution in [0.2, 0.25) is 0 Å². The molecule has 0 unspecified atom stereocenters. The maximum absolute atomic E-state index is 9.02. The number of fused-ring (bicyclic) bond motifs is 1. The number of methoxy groups -OCH3 is 1. The summed E-state index contributed by atoms with van der Waals surface area (Å²) < 4.78 is 7.41. The van der Waals surface area contributed by atoms with Crippen molar-refractivity contribution in [2.75, 3.05) is 7.11 Å². The molecular weight excluding hydrogens is 374 g/mol. The van der Waals surface area contributed by atoms with Gasteiger partial charge in [0.05, 0.1) is 30.0 Å². The van der Waals surface area contributed by atoms with Gasteiger partial charge in [0, 0.05) is 23.8 Å². The molecule has 148 valence electrons. The summed E-state index contributed by atoms with van der Waals surface area (Å²) in [6, 6.07) is 9.67. The first-order chi connectivity index (χ1) is 14.7. The maximum Gasteiger partial charge on any atom is 0.154 e. The minimum Gasteiger partial charge on any atom is -0.501 e. The summed E-state index contributed by atoms with van der Waals surface area (Å²) in [5.41, 5.74) is 7.18. The maximum atomic E-state index is 9.02. The lowest BCUT2D eigenvalue weighted by molar-refractivity contribution is 0.282. The molecule has 0 aromatic carbocycles. The van der Waals surface area contributed by atoms with Crippen LogP contribution in [0.4, 0.5) is 0 Å². The van der Waals surface area contributed by atoms with Crippen molar-refractivity contribution in [1.29, 1.82) is 5.26 Å². The van der Waals surface area contributed by atoms with Crippen LogP contribution >= 0.6 is 0 Å². The van der Waals surface area contributed by atoms with Gasteiger partial charge in [-0.15, -0.1) is 0 Å². The molecule has 2 aliphatic rings. The van der Waals surface area contributed by atoms with E-state index in [1.54, 1.807) is 19.4 Å². The zero-order chi connectivity index (χ0) is 20.7. The average Bonchev–Trinajstić information content (AvgIpc) is 3.58. The molecule has 0 atom stereocenters. The Morgan fingerprint density at radius 1 is 1.17 bits per heavy atom. The highest BCUT2D eigenvalue weighted by molar-refractivity contribution is 5.76. The van der Waals surface area contributed by atoms with Gasteiger partial charge >= 0.3 is 0 Å². The number of hydrogen-bond acceptors (Lipinski definition) is 5. The molecule has 0 aliphatic heterocycles. The number of hydrogen-bond donors (Lipinski definition) is 0. The molecular formula is C24H21N5O. The van der Waals surface area contributed by atoms with Crippen molar-refractivity contribution in [2.24, 2.45) is 5.92 Å². The highest BCUT2D eigenvalue weighted by atomic mass is 16.5. The lowest BCUT2D eigenvalue weighted by Crippen LogP contribution is -2.00. The minimum absolute atomic E-state index is 0.390. The fourth-order valence-electron chi connectivity index (χ4n) is 3.89. The molecule has 0 amide bonds. The Kier molecular flexibility index (Phi) is 4.44. The Bertz CT molecular complexity index is 1270. The van der Waals surface area contributed by atoms with E-state index < -0.39 is 0 Å². The summed E-state index contributed by atoms with van der Waals surface area (Å²) in [5.74, 6) is 1.64. The monoisotopic (exact) mass is 395 g/mol. The lowest BCUT2D eigenvalue weighted by Gasteiger charge is -2.08. The summed E-state index contributed by atoms with van der Waals surface area (Å²) in [4.78, 5) is 8.86. The predicted octanol–water partition coefficient (Wildman–Crippen LogP) is 4.63. The topological polar surface area (TPSA) is 76.1 Å². The number of aromatic nitrogens is 4. The zero-order valence-electron chi connectivity index (χ0n) is 17.0. The van der Waals surface area contributed by atoms with Gasteiger partial charge in [0.2, 0.25) is 0 Å². The normalized spacial score (nSPS) is 16.4. The number of nitrogens with zero attached hydrogens (tertiary/aromatic N) is 5. The molecule has 3 heterocycles. The van der Waals surface area contributed by atoms with Gasteiger partial charge in [-0.25, -0.2) is 14.5 Å². The van der Waals surface area contributed by atoms with Gasteiger partial charge in [-0.05, 0) is 62.1 Å². The number of aryl methyl sites for hydroxylation is 1. The van der Waals surface area contributed by atoms with E-state index >= 15 is 0 Å². The zero-order valence-corrected chi connectivity index (χ0v) is 17.0. The first-order valence-corrected chi connectivity index (χ1v) is 10.0. The first-order valence-electron chi connectivity index (χ1n) is 10.0. The van der Waals surface area contributed by atoms with Gasteiger partial charge in [-0.1, -0.05) is 11.6 Å². The standard InChI is InChI=1S/C24H21N5O/c1-15-24(18-5-7-20(13-25)26-14-18)29-23(27-15)10-9-22(28-29)17-6-8-21(30-2)12-19(11-17)16-3-4-16/h5-11,14,16H,3-4,12H2,1-2H3.